The predicted octanol–water partition coefficient (Wildman–Crippen LogP) is 4.31. The van der Waals surface area contributed by atoms with Crippen molar-refractivity contribution in [3.8, 4) is 17.2 Å². The molecule has 5 rings (SSSR count). The number of nitrogens with one attached hydrogen (secondary N) is 2. The molecule has 6 amide bonds. The number of Topliss-reactive ketones (excluding diaryl/α,β-unsaturated/α-hetero) is 1. The molecule has 2 aliphatic heterocycles. The summed E-state index contributed by atoms with van der Waals surface area (Å²) in [6.07, 6.45) is 3.84. The zero-order chi connectivity index (χ0) is 58.0. The van der Waals surface area contributed by atoms with E-state index in [0.717, 1.165) is 21.4 Å². The average Bonchev–Trinajstić information content (AvgIpc) is 3.43. The molecule has 3 aromatic rings. The molecule has 79 heavy (non-hydrogen) atoms. The highest BCUT2D eigenvalue weighted by molar-refractivity contribution is 6.38. The average molecular weight is 1100 g/mol. The van der Waals surface area contributed by atoms with E-state index in [1.165, 1.54) is 65.1 Å². The van der Waals surface area contributed by atoms with Gasteiger partial charge in [0.1, 0.15) is 36.6 Å². The molecule has 2 N–H and O–H groups in total. The van der Waals surface area contributed by atoms with Gasteiger partial charge in [0.2, 0.25) is 29.4 Å². The van der Waals surface area contributed by atoms with Gasteiger partial charge in [-0.25, -0.2) is 9.59 Å². The fourth-order valence-electron chi connectivity index (χ4n) is 8.59. The van der Waals surface area contributed by atoms with Crippen LogP contribution in [0.2, 0.25) is 0 Å². The number of carbonyl (C=O) groups is 9. The Morgan fingerprint density at radius 2 is 1.48 bits per heavy atom. The molecule has 1 saturated heterocycles. The summed E-state index contributed by atoms with van der Waals surface area (Å²) in [6, 6.07) is 16.7. The van der Waals surface area contributed by atoms with Crippen LogP contribution in [0.15, 0.2) is 84.9 Å². The summed E-state index contributed by atoms with van der Waals surface area (Å²) in [5, 5.41) is 5.34. The van der Waals surface area contributed by atoms with Crippen LogP contribution in [-0.2, 0) is 63.8 Å². The molecule has 0 aliphatic carbocycles. The van der Waals surface area contributed by atoms with Crippen LogP contribution in [0, 0.1) is 5.41 Å². The Labute approximate surface area is 462 Å². The SMILES string of the molecule is COc1ccc(CC[C@H]2OC(=O)[C@@H]3CCCCN3C(=O)C(=O)C(C)(C)COC(=O)/C=C\CCN(C)C(=O)CNC(=O)[C@H](COC(C)(C)C)N(C)C(=O)C(c3ccccc3)NC(=O)CN(C)C(=O)COc3cccc2c3)cc1OC. The first-order valence-corrected chi connectivity index (χ1v) is 26.3. The highest BCUT2D eigenvalue weighted by atomic mass is 16.5. The number of benzene rings is 3. The van der Waals surface area contributed by atoms with E-state index in [4.69, 9.17) is 28.4 Å². The molecular formula is C58H76N6O15. The Balaban J connectivity index is 1.45. The van der Waals surface area contributed by atoms with Gasteiger partial charge in [0.25, 0.3) is 11.8 Å². The number of aryl methyl sites for hydroxylation is 1. The number of methoxy groups -OCH3 is 2. The normalized spacial score (nSPS) is 22.1. The van der Waals surface area contributed by atoms with Crippen LogP contribution in [-0.4, -0.2) is 172 Å². The van der Waals surface area contributed by atoms with Gasteiger partial charge >= 0.3 is 11.9 Å². The minimum atomic E-state index is -1.49. The van der Waals surface area contributed by atoms with E-state index in [2.05, 4.69) is 10.6 Å². The van der Waals surface area contributed by atoms with Gasteiger partial charge < -0.3 is 58.7 Å². The van der Waals surface area contributed by atoms with Crippen LogP contribution in [0.1, 0.15) is 95.6 Å². The third-order valence-electron chi connectivity index (χ3n) is 13.4. The molecule has 21 heteroatoms. The van der Waals surface area contributed by atoms with Crippen LogP contribution in [0.25, 0.3) is 0 Å². The molecule has 0 spiro atoms. The van der Waals surface area contributed by atoms with Crippen molar-refractivity contribution >= 4 is 53.2 Å². The monoisotopic (exact) mass is 1100 g/mol. The fourth-order valence-corrected chi connectivity index (χ4v) is 8.59. The quantitative estimate of drug-likeness (QED) is 0.236. The molecule has 0 saturated carbocycles. The maximum absolute atomic E-state index is 14.5. The van der Waals surface area contributed by atoms with Crippen molar-refractivity contribution < 1.29 is 71.6 Å². The number of cyclic esters (lactones) is 2. The molecule has 4 atom stereocenters. The van der Waals surface area contributed by atoms with E-state index in [-0.39, 0.29) is 44.7 Å². The minimum Gasteiger partial charge on any atom is -0.493 e. The third-order valence-corrected chi connectivity index (χ3v) is 13.4. The molecule has 0 radical (unpaired) electrons. The van der Waals surface area contributed by atoms with Crippen LogP contribution < -0.4 is 24.8 Å². The molecule has 0 aromatic heterocycles. The molecule has 2 heterocycles. The molecule has 1 unspecified atom stereocenters. The highest BCUT2D eigenvalue weighted by Crippen LogP contribution is 2.33. The van der Waals surface area contributed by atoms with Gasteiger partial charge in [-0.2, -0.15) is 0 Å². The van der Waals surface area contributed by atoms with Crippen molar-refractivity contribution in [1.29, 1.82) is 0 Å². The Morgan fingerprint density at radius 1 is 0.772 bits per heavy atom. The summed E-state index contributed by atoms with van der Waals surface area (Å²) in [5.41, 5.74) is -0.511. The molecule has 428 valence electrons. The van der Waals surface area contributed by atoms with E-state index in [1.807, 2.05) is 12.1 Å². The second-order valence-corrected chi connectivity index (χ2v) is 21.1. The van der Waals surface area contributed by atoms with Gasteiger partial charge in [-0.1, -0.05) is 54.6 Å². The lowest BCUT2D eigenvalue weighted by Crippen LogP contribution is -2.55. The number of ketones is 1. The number of fused-ring (bicyclic) bond motifs is 3. The first kappa shape index (κ1) is 62.0. The lowest BCUT2D eigenvalue weighted by molar-refractivity contribution is -0.165. The first-order valence-electron chi connectivity index (χ1n) is 26.3. The van der Waals surface area contributed by atoms with Gasteiger partial charge in [-0.05, 0) is 114 Å². The Kier molecular flexibility index (Phi) is 22.5. The van der Waals surface area contributed by atoms with E-state index in [9.17, 15) is 43.2 Å². The summed E-state index contributed by atoms with van der Waals surface area (Å²) >= 11 is 0. The van der Waals surface area contributed by atoms with Crippen LogP contribution in [0.3, 0.4) is 0 Å². The van der Waals surface area contributed by atoms with Crippen molar-refractivity contribution in [3.05, 3.63) is 102 Å². The Morgan fingerprint density at radius 3 is 2.18 bits per heavy atom. The number of carbonyl (C=O) groups excluding carboxylic acids is 9. The van der Waals surface area contributed by atoms with Gasteiger partial charge in [0.15, 0.2) is 18.1 Å². The Hall–Kier alpha value is -7.81. The van der Waals surface area contributed by atoms with Crippen molar-refractivity contribution in [2.75, 3.05) is 81.4 Å². The van der Waals surface area contributed by atoms with Crippen molar-refractivity contribution in [2.24, 2.45) is 5.41 Å². The highest BCUT2D eigenvalue weighted by Gasteiger charge is 2.43. The largest absolute Gasteiger partial charge is 0.493 e. The summed E-state index contributed by atoms with van der Waals surface area (Å²) in [5.74, 6) is -5.25. The lowest BCUT2D eigenvalue weighted by atomic mass is 9.87. The van der Waals surface area contributed by atoms with Gasteiger partial charge in [0.05, 0.1) is 44.9 Å². The standard InChI is InChI=1S/C58H76N6O15/c1-57(2,3)78-35-43-53(70)59-33-48(66)61(6)29-16-15-24-50(68)77-37-58(4,5)52(69)55(72)64-30-17-14-23-42(64)56(73)79-44(27-25-38-26-28-45(74-9)46(31-38)75-10)40-21-18-22-41(32-40)76-36-49(67)62(7)34-47(65)60-51(54(71)63(43)8)39-19-12-11-13-20-39/h11-13,15,18-22,24,26,28,31-32,42-44,51H,14,16-17,23,25,27,29-30,33-37H2,1-10H3,(H,59,70)(H,60,65)/b24-15-/t42-,43-,44+,51?/m0/s1. The van der Waals surface area contributed by atoms with E-state index < -0.39 is 115 Å². The number of rotatable bonds is 8. The number of piperidine rings is 1. The second-order valence-electron chi connectivity index (χ2n) is 21.1. The second kappa shape index (κ2) is 28.7. The molecule has 2 bridgehead atoms. The number of hydrogen-bond acceptors (Lipinski definition) is 15. The fraction of sp³-hybridized carbons (Fsp3) is 0.500. The zero-order valence-corrected chi connectivity index (χ0v) is 47.0. The summed E-state index contributed by atoms with van der Waals surface area (Å²) in [4.78, 5) is 129. The number of hydrogen-bond donors (Lipinski definition) is 2. The van der Waals surface area contributed by atoms with Gasteiger partial charge in [-0.15, -0.1) is 0 Å². The maximum atomic E-state index is 14.5. The molecule has 2 aliphatic rings. The van der Waals surface area contributed by atoms with Crippen molar-refractivity contribution in [3.63, 3.8) is 0 Å². The van der Waals surface area contributed by atoms with E-state index in [1.54, 1.807) is 81.4 Å². The topological polar surface area (TPSA) is 246 Å². The van der Waals surface area contributed by atoms with E-state index >= 15 is 0 Å². The molecule has 3 aromatic carbocycles. The summed E-state index contributed by atoms with van der Waals surface area (Å²) in [7, 11) is 7.33. The van der Waals surface area contributed by atoms with E-state index in [0.29, 0.717) is 41.9 Å². The van der Waals surface area contributed by atoms with Crippen LogP contribution in [0.4, 0.5) is 0 Å². The lowest BCUT2D eigenvalue weighted by Gasteiger charge is -2.36. The molecule has 1 fully saturated rings. The number of likely N-dealkylation sites (N-methyl/N-ethyl adjacent to an activating group) is 3. The van der Waals surface area contributed by atoms with Crippen LogP contribution in [0.5, 0.6) is 17.2 Å². The van der Waals surface area contributed by atoms with Crippen LogP contribution >= 0.6 is 0 Å². The first-order chi connectivity index (χ1) is 37.4. The van der Waals surface area contributed by atoms with Gasteiger partial charge in [-0.3, -0.25) is 33.6 Å². The smallest absolute Gasteiger partial charge is 0.330 e. The molecule has 21 nitrogen and oxygen atoms in total. The Bertz CT molecular complexity index is 2690. The predicted molar refractivity (Wildman–Crippen MR) is 289 cm³/mol. The number of esters is 2. The van der Waals surface area contributed by atoms with Crippen molar-refractivity contribution in [2.45, 2.75) is 103 Å². The number of amides is 6. The summed E-state index contributed by atoms with van der Waals surface area (Å²) < 4.78 is 34.6. The number of nitrogens with zero attached hydrogens (tertiary/aromatic N) is 4. The summed E-state index contributed by atoms with van der Waals surface area (Å²) in [6.45, 7) is 6.30. The third kappa shape index (κ3) is 18.1. The maximum Gasteiger partial charge on any atom is 0.330 e. The zero-order valence-electron chi connectivity index (χ0n) is 47.0. The van der Waals surface area contributed by atoms with Gasteiger partial charge in [0, 0.05) is 40.3 Å². The molecular weight excluding hydrogens is 1020 g/mol. The number of ether oxygens (including phenoxy) is 6. The minimum absolute atomic E-state index is 0.103. The van der Waals surface area contributed by atoms with Crippen molar-refractivity contribution in [1.82, 2.24) is 30.2 Å².